The van der Waals surface area contributed by atoms with E-state index in [4.69, 9.17) is 0 Å². The van der Waals surface area contributed by atoms with Crippen LogP contribution < -0.4 is 10.2 Å². The molecule has 0 aromatic heterocycles. The molecule has 1 aliphatic carbocycles. The first-order chi connectivity index (χ1) is 11.1. The van der Waals surface area contributed by atoms with Gasteiger partial charge in [0.25, 0.3) is 0 Å². The van der Waals surface area contributed by atoms with Crippen LogP contribution in [-0.2, 0) is 4.79 Å². The number of carboxylic acid groups (broad SMARTS) is 1. The predicted molar refractivity (Wildman–Crippen MR) is 92.2 cm³/mol. The number of rotatable bonds is 8. The quantitative estimate of drug-likeness (QED) is 0.766. The Morgan fingerprint density at radius 1 is 1.30 bits per heavy atom. The largest absolute Gasteiger partial charge is 0.478 e. The van der Waals surface area contributed by atoms with Crippen LogP contribution in [0.3, 0.4) is 0 Å². The summed E-state index contributed by atoms with van der Waals surface area (Å²) in [6.07, 6.45) is 5.03. The van der Waals surface area contributed by atoms with E-state index in [0.717, 1.165) is 50.9 Å². The lowest BCUT2D eigenvalue weighted by atomic mass is 9.85. The number of hydrogen-bond acceptors (Lipinski definition) is 3. The Balaban J connectivity index is 2.19. The molecule has 0 atom stereocenters. The van der Waals surface area contributed by atoms with E-state index >= 15 is 0 Å². The van der Waals surface area contributed by atoms with E-state index in [1.54, 1.807) is 12.1 Å². The van der Waals surface area contributed by atoms with Crippen LogP contribution in [0.2, 0.25) is 0 Å². The maximum atomic E-state index is 12.1. The van der Waals surface area contributed by atoms with Gasteiger partial charge in [-0.25, -0.2) is 4.79 Å². The van der Waals surface area contributed by atoms with Crippen molar-refractivity contribution in [2.24, 2.45) is 5.92 Å². The lowest BCUT2D eigenvalue weighted by Gasteiger charge is -2.26. The summed E-state index contributed by atoms with van der Waals surface area (Å²) in [6.45, 7) is 5.92. The highest BCUT2D eigenvalue weighted by Crippen LogP contribution is 2.29. The number of nitrogens with one attached hydrogen (secondary N) is 1. The summed E-state index contributed by atoms with van der Waals surface area (Å²) < 4.78 is 0. The monoisotopic (exact) mass is 318 g/mol. The van der Waals surface area contributed by atoms with Crippen molar-refractivity contribution in [3.8, 4) is 0 Å². The Morgan fingerprint density at radius 3 is 2.57 bits per heavy atom. The van der Waals surface area contributed by atoms with Crippen molar-refractivity contribution in [3.05, 3.63) is 23.8 Å². The van der Waals surface area contributed by atoms with E-state index in [-0.39, 0.29) is 17.4 Å². The second-order valence-corrected chi connectivity index (χ2v) is 6.09. The van der Waals surface area contributed by atoms with Crippen LogP contribution in [0.25, 0.3) is 0 Å². The Labute approximate surface area is 137 Å². The number of unbranched alkanes of at least 4 members (excludes halogenated alkanes) is 1. The van der Waals surface area contributed by atoms with E-state index < -0.39 is 5.97 Å². The normalized spacial score (nSPS) is 14.2. The lowest BCUT2D eigenvalue weighted by molar-refractivity contribution is -0.122. The minimum absolute atomic E-state index is 0.0352. The molecule has 0 heterocycles. The number of aromatic carboxylic acids is 1. The van der Waals surface area contributed by atoms with Gasteiger partial charge >= 0.3 is 5.97 Å². The molecule has 0 bridgehead atoms. The summed E-state index contributed by atoms with van der Waals surface area (Å²) in [7, 11) is 0. The molecule has 1 saturated carbocycles. The summed E-state index contributed by atoms with van der Waals surface area (Å²) in [5.74, 6) is -1.04. The predicted octanol–water partition coefficient (Wildman–Crippen LogP) is 3.75. The molecule has 2 N–H and O–H groups in total. The zero-order chi connectivity index (χ0) is 16.8. The Kier molecular flexibility index (Phi) is 6.02. The summed E-state index contributed by atoms with van der Waals surface area (Å²) in [4.78, 5) is 25.8. The van der Waals surface area contributed by atoms with Crippen LogP contribution in [0.15, 0.2) is 18.2 Å². The third-order valence-corrected chi connectivity index (χ3v) is 4.50. The minimum atomic E-state index is -1.01. The molecule has 0 spiro atoms. The molecule has 5 heteroatoms. The van der Waals surface area contributed by atoms with E-state index in [2.05, 4.69) is 24.1 Å². The number of carbonyl (C=O) groups excluding carboxylic acids is 1. The van der Waals surface area contributed by atoms with Gasteiger partial charge < -0.3 is 15.3 Å². The van der Waals surface area contributed by atoms with Crippen LogP contribution in [0.1, 0.15) is 56.3 Å². The van der Waals surface area contributed by atoms with Crippen molar-refractivity contribution in [3.63, 3.8) is 0 Å². The first-order valence-electron chi connectivity index (χ1n) is 8.50. The molecular weight excluding hydrogens is 292 g/mol. The van der Waals surface area contributed by atoms with Gasteiger partial charge in [-0.2, -0.15) is 0 Å². The molecule has 0 unspecified atom stereocenters. The molecule has 0 radical (unpaired) electrons. The molecular formula is C18H26N2O3. The average molecular weight is 318 g/mol. The van der Waals surface area contributed by atoms with E-state index in [0.29, 0.717) is 5.69 Å². The van der Waals surface area contributed by atoms with Gasteiger partial charge in [0.2, 0.25) is 5.91 Å². The standard InChI is InChI=1S/C18H26N2O3/c1-3-5-11-20(4-2)14-9-10-16(15(12-14)18(22)23)19-17(21)13-7-6-8-13/h9-10,12-13H,3-8,11H2,1-2H3,(H,19,21)(H,22,23). The van der Waals surface area contributed by atoms with E-state index in [1.807, 2.05) is 6.07 Å². The third kappa shape index (κ3) is 4.24. The van der Waals surface area contributed by atoms with Gasteiger partial charge in [0.15, 0.2) is 0 Å². The van der Waals surface area contributed by atoms with Crippen LogP contribution in [0.4, 0.5) is 11.4 Å². The van der Waals surface area contributed by atoms with Gasteiger partial charge in [0.05, 0.1) is 11.3 Å². The van der Waals surface area contributed by atoms with Crippen molar-refractivity contribution in [1.29, 1.82) is 0 Å². The number of nitrogens with zero attached hydrogens (tertiary/aromatic N) is 1. The molecule has 1 aliphatic rings. The zero-order valence-electron chi connectivity index (χ0n) is 14.0. The first kappa shape index (κ1) is 17.3. The van der Waals surface area contributed by atoms with Crippen LogP contribution in [0, 0.1) is 5.92 Å². The highest BCUT2D eigenvalue weighted by Gasteiger charge is 2.26. The van der Waals surface area contributed by atoms with Gasteiger partial charge in [-0.05, 0) is 44.4 Å². The van der Waals surface area contributed by atoms with Crippen molar-refractivity contribution < 1.29 is 14.7 Å². The Hall–Kier alpha value is -2.04. The average Bonchev–Trinajstić information content (AvgIpc) is 2.47. The second kappa shape index (κ2) is 7.99. The van der Waals surface area contributed by atoms with Gasteiger partial charge in [-0.3, -0.25) is 4.79 Å². The highest BCUT2D eigenvalue weighted by atomic mass is 16.4. The third-order valence-electron chi connectivity index (χ3n) is 4.50. The Bertz CT molecular complexity index is 567. The molecule has 5 nitrogen and oxygen atoms in total. The maximum absolute atomic E-state index is 12.1. The van der Waals surface area contributed by atoms with Crippen molar-refractivity contribution >= 4 is 23.3 Å². The summed E-state index contributed by atoms with van der Waals surface area (Å²) in [6, 6.07) is 5.27. The molecule has 2 rings (SSSR count). The van der Waals surface area contributed by atoms with E-state index in [9.17, 15) is 14.7 Å². The maximum Gasteiger partial charge on any atom is 0.337 e. The molecule has 1 aromatic carbocycles. The number of amides is 1. The summed E-state index contributed by atoms with van der Waals surface area (Å²) in [5.41, 5.74) is 1.44. The van der Waals surface area contributed by atoms with E-state index in [1.165, 1.54) is 0 Å². The molecule has 23 heavy (non-hydrogen) atoms. The first-order valence-corrected chi connectivity index (χ1v) is 8.50. The molecule has 126 valence electrons. The smallest absolute Gasteiger partial charge is 0.337 e. The summed E-state index contributed by atoms with van der Waals surface area (Å²) >= 11 is 0. The minimum Gasteiger partial charge on any atom is -0.478 e. The Morgan fingerprint density at radius 2 is 2.04 bits per heavy atom. The fourth-order valence-corrected chi connectivity index (χ4v) is 2.74. The number of anilines is 2. The summed E-state index contributed by atoms with van der Waals surface area (Å²) in [5, 5.41) is 12.3. The molecule has 0 saturated heterocycles. The van der Waals surface area contributed by atoms with Crippen LogP contribution >= 0.6 is 0 Å². The van der Waals surface area contributed by atoms with Crippen molar-refractivity contribution in [2.45, 2.75) is 46.0 Å². The van der Waals surface area contributed by atoms with Crippen molar-refractivity contribution in [1.82, 2.24) is 0 Å². The van der Waals surface area contributed by atoms with Gasteiger partial charge in [0, 0.05) is 24.7 Å². The van der Waals surface area contributed by atoms with Crippen LogP contribution in [0.5, 0.6) is 0 Å². The number of benzene rings is 1. The number of hydrogen-bond donors (Lipinski definition) is 2. The number of carboxylic acids is 1. The second-order valence-electron chi connectivity index (χ2n) is 6.09. The SMILES string of the molecule is CCCCN(CC)c1ccc(NC(=O)C2CCC2)c(C(=O)O)c1. The van der Waals surface area contributed by atoms with Crippen LogP contribution in [-0.4, -0.2) is 30.1 Å². The topological polar surface area (TPSA) is 69.6 Å². The highest BCUT2D eigenvalue weighted by molar-refractivity contribution is 6.02. The van der Waals surface area contributed by atoms with Gasteiger partial charge in [-0.15, -0.1) is 0 Å². The molecule has 1 fully saturated rings. The van der Waals surface area contributed by atoms with Gasteiger partial charge in [0.1, 0.15) is 0 Å². The zero-order valence-corrected chi connectivity index (χ0v) is 14.0. The lowest BCUT2D eigenvalue weighted by Crippen LogP contribution is -2.29. The van der Waals surface area contributed by atoms with Crippen molar-refractivity contribution in [2.75, 3.05) is 23.3 Å². The molecule has 1 amide bonds. The molecule has 1 aromatic rings. The molecule has 0 aliphatic heterocycles. The van der Waals surface area contributed by atoms with Gasteiger partial charge in [-0.1, -0.05) is 19.8 Å². The number of carbonyl (C=O) groups is 2. The fraction of sp³-hybridized carbons (Fsp3) is 0.556. The fourth-order valence-electron chi connectivity index (χ4n) is 2.74.